The number of pyridine rings is 1. The summed E-state index contributed by atoms with van der Waals surface area (Å²) in [5.74, 6) is 0.955. The Bertz CT molecular complexity index is 961. The first-order chi connectivity index (χ1) is 15.3. The van der Waals surface area contributed by atoms with Gasteiger partial charge in [-0.3, -0.25) is 14.8 Å². The average molecular weight is 438 g/mol. The van der Waals surface area contributed by atoms with Gasteiger partial charge in [-0.1, -0.05) is 36.6 Å². The number of piperazine rings is 1. The highest BCUT2D eigenvalue weighted by Crippen LogP contribution is 2.34. The van der Waals surface area contributed by atoms with Crippen LogP contribution in [0.2, 0.25) is 5.02 Å². The second kappa shape index (κ2) is 9.42. The largest absolute Gasteiger partial charge is 0.297 e. The molecular weight excluding hydrogens is 410 g/mol. The van der Waals surface area contributed by atoms with E-state index in [-0.39, 0.29) is 6.04 Å². The summed E-state index contributed by atoms with van der Waals surface area (Å²) in [5.41, 5.74) is 2.50. The number of hydrogen-bond donors (Lipinski definition) is 0. The maximum absolute atomic E-state index is 6.19. The molecule has 1 atom stereocenters. The van der Waals surface area contributed by atoms with Crippen molar-refractivity contribution in [3.63, 3.8) is 0 Å². The molecule has 0 radical (unpaired) electrons. The van der Waals surface area contributed by atoms with Gasteiger partial charge in [-0.15, -0.1) is 5.10 Å². The Balaban J connectivity index is 1.37. The lowest BCUT2D eigenvalue weighted by molar-refractivity contribution is 0.0993. The van der Waals surface area contributed by atoms with E-state index in [9.17, 15) is 0 Å². The van der Waals surface area contributed by atoms with Crippen LogP contribution in [0.3, 0.4) is 0 Å². The monoisotopic (exact) mass is 437 g/mol. The van der Waals surface area contributed by atoms with Crippen LogP contribution in [-0.2, 0) is 6.54 Å². The summed E-state index contributed by atoms with van der Waals surface area (Å²) >= 11 is 6.19. The molecule has 31 heavy (non-hydrogen) atoms. The Morgan fingerprint density at radius 3 is 2.35 bits per heavy atom. The number of rotatable bonds is 6. The van der Waals surface area contributed by atoms with Crippen LogP contribution >= 0.6 is 11.6 Å². The first-order valence-electron chi connectivity index (χ1n) is 11.2. The number of aromatic nitrogens is 5. The molecular formula is C23H28ClN7. The molecule has 0 amide bonds. The van der Waals surface area contributed by atoms with Gasteiger partial charge in [0, 0.05) is 50.1 Å². The van der Waals surface area contributed by atoms with Crippen molar-refractivity contribution < 1.29 is 0 Å². The summed E-state index contributed by atoms with van der Waals surface area (Å²) in [4.78, 5) is 9.15. The van der Waals surface area contributed by atoms with Crippen molar-refractivity contribution in [1.82, 2.24) is 35.0 Å². The van der Waals surface area contributed by atoms with Gasteiger partial charge in [-0.25, -0.2) is 4.68 Å². The molecule has 0 unspecified atom stereocenters. The van der Waals surface area contributed by atoms with Crippen molar-refractivity contribution >= 4 is 11.6 Å². The molecule has 5 rings (SSSR count). The Labute approximate surface area is 188 Å². The van der Waals surface area contributed by atoms with Crippen LogP contribution in [0.15, 0.2) is 48.8 Å². The van der Waals surface area contributed by atoms with Gasteiger partial charge in [0.1, 0.15) is 0 Å². The zero-order valence-electron chi connectivity index (χ0n) is 17.6. The van der Waals surface area contributed by atoms with E-state index < -0.39 is 0 Å². The molecule has 3 aromatic rings. The van der Waals surface area contributed by atoms with Gasteiger partial charge in [-0.05, 0) is 58.7 Å². The highest BCUT2D eigenvalue weighted by molar-refractivity contribution is 6.30. The van der Waals surface area contributed by atoms with Gasteiger partial charge < -0.3 is 0 Å². The molecule has 2 fully saturated rings. The first kappa shape index (κ1) is 20.5. The SMILES string of the molecule is Clc1ccc([C@@H](c2nnnn2C2CCCC2)N2CCN(Cc3ccncc3)CC2)cc1. The number of hydrogen-bond acceptors (Lipinski definition) is 6. The third-order valence-electron chi connectivity index (χ3n) is 6.55. The minimum atomic E-state index is 0.0379. The molecule has 3 heterocycles. The van der Waals surface area contributed by atoms with E-state index in [1.165, 1.54) is 24.0 Å². The molecule has 1 aliphatic heterocycles. The van der Waals surface area contributed by atoms with Crippen LogP contribution in [0.4, 0.5) is 0 Å². The predicted octanol–water partition coefficient (Wildman–Crippen LogP) is 3.74. The van der Waals surface area contributed by atoms with Crippen LogP contribution in [0, 0.1) is 0 Å². The third kappa shape index (κ3) is 4.63. The lowest BCUT2D eigenvalue weighted by Gasteiger charge is -2.39. The van der Waals surface area contributed by atoms with E-state index in [0.29, 0.717) is 6.04 Å². The average Bonchev–Trinajstić information content (AvgIpc) is 3.49. The highest BCUT2D eigenvalue weighted by atomic mass is 35.5. The summed E-state index contributed by atoms with van der Waals surface area (Å²) in [5, 5.41) is 13.8. The zero-order chi connectivity index (χ0) is 21.0. The fourth-order valence-electron chi connectivity index (χ4n) is 4.88. The molecule has 1 aromatic carbocycles. The van der Waals surface area contributed by atoms with Crippen LogP contribution in [0.25, 0.3) is 0 Å². The smallest absolute Gasteiger partial charge is 0.173 e. The summed E-state index contributed by atoms with van der Waals surface area (Å²) < 4.78 is 2.09. The maximum atomic E-state index is 6.19. The van der Waals surface area contributed by atoms with Crippen molar-refractivity contribution in [3.8, 4) is 0 Å². The van der Waals surface area contributed by atoms with Gasteiger partial charge in [0.15, 0.2) is 5.82 Å². The molecule has 1 saturated carbocycles. The lowest BCUT2D eigenvalue weighted by Crippen LogP contribution is -2.48. The molecule has 0 spiro atoms. The van der Waals surface area contributed by atoms with Crippen molar-refractivity contribution in [3.05, 3.63) is 70.8 Å². The predicted molar refractivity (Wildman–Crippen MR) is 120 cm³/mol. The maximum Gasteiger partial charge on any atom is 0.173 e. The van der Waals surface area contributed by atoms with Gasteiger partial charge in [0.2, 0.25) is 0 Å². The third-order valence-corrected chi connectivity index (χ3v) is 6.80. The van der Waals surface area contributed by atoms with Gasteiger partial charge in [0.05, 0.1) is 12.1 Å². The Hall–Kier alpha value is -2.35. The van der Waals surface area contributed by atoms with Crippen molar-refractivity contribution in [1.29, 1.82) is 0 Å². The second-order valence-electron chi connectivity index (χ2n) is 8.54. The quantitative estimate of drug-likeness (QED) is 0.585. The first-order valence-corrected chi connectivity index (χ1v) is 11.5. The molecule has 2 aliphatic rings. The molecule has 8 heteroatoms. The number of tetrazole rings is 1. The molecule has 0 bridgehead atoms. The molecule has 2 aromatic heterocycles. The van der Waals surface area contributed by atoms with E-state index in [1.54, 1.807) is 0 Å². The van der Waals surface area contributed by atoms with Crippen LogP contribution in [0.5, 0.6) is 0 Å². The van der Waals surface area contributed by atoms with Gasteiger partial charge >= 0.3 is 0 Å². The van der Waals surface area contributed by atoms with E-state index in [1.807, 2.05) is 24.5 Å². The lowest BCUT2D eigenvalue weighted by atomic mass is 10.0. The minimum Gasteiger partial charge on any atom is -0.297 e. The summed E-state index contributed by atoms with van der Waals surface area (Å²) in [6.45, 7) is 4.92. The summed E-state index contributed by atoms with van der Waals surface area (Å²) in [6, 6.07) is 12.8. The topological polar surface area (TPSA) is 63.0 Å². The van der Waals surface area contributed by atoms with E-state index in [4.69, 9.17) is 11.6 Å². The molecule has 1 saturated heterocycles. The summed E-state index contributed by atoms with van der Waals surface area (Å²) in [7, 11) is 0. The van der Waals surface area contributed by atoms with Crippen LogP contribution < -0.4 is 0 Å². The standard InChI is InChI=1S/C23H28ClN7/c24-20-7-5-19(6-8-20)22(23-26-27-28-31(23)21-3-1-2-4-21)30-15-13-29(14-16-30)17-18-9-11-25-12-10-18/h5-12,21-22H,1-4,13-17H2/t22-/m0/s1. The fraction of sp³-hybridized carbons (Fsp3) is 0.478. The Kier molecular flexibility index (Phi) is 6.25. The number of benzene rings is 1. The van der Waals surface area contributed by atoms with Crippen LogP contribution in [-0.4, -0.2) is 61.2 Å². The number of nitrogens with zero attached hydrogens (tertiary/aromatic N) is 7. The molecule has 0 N–H and O–H groups in total. The van der Waals surface area contributed by atoms with Crippen molar-refractivity contribution in [2.75, 3.05) is 26.2 Å². The highest BCUT2D eigenvalue weighted by Gasteiger charge is 2.33. The van der Waals surface area contributed by atoms with Crippen molar-refractivity contribution in [2.45, 2.75) is 44.3 Å². The van der Waals surface area contributed by atoms with E-state index >= 15 is 0 Å². The second-order valence-corrected chi connectivity index (χ2v) is 8.98. The van der Waals surface area contributed by atoms with E-state index in [0.717, 1.165) is 56.4 Å². The molecule has 7 nitrogen and oxygen atoms in total. The Morgan fingerprint density at radius 1 is 0.935 bits per heavy atom. The minimum absolute atomic E-state index is 0.0379. The van der Waals surface area contributed by atoms with Crippen LogP contribution in [0.1, 0.15) is 54.7 Å². The normalized spacial score (nSPS) is 19.6. The molecule has 1 aliphatic carbocycles. The molecule has 162 valence electrons. The van der Waals surface area contributed by atoms with Crippen molar-refractivity contribution in [2.24, 2.45) is 0 Å². The van der Waals surface area contributed by atoms with Gasteiger partial charge in [0.25, 0.3) is 0 Å². The van der Waals surface area contributed by atoms with E-state index in [2.05, 4.69) is 59.3 Å². The zero-order valence-corrected chi connectivity index (χ0v) is 18.4. The Morgan fingerprint density at radius 2 is 1.65 bits per heavy atom. The van der Waals surface area contributed by atoms with Gasteiger partial charge in [-0.2, -0.15) is 0 Å². The number of halogens is 1. The summed E-state index contributed by atoms with van der Waals surface area (Å²) in [6.07, 6.45) is 8.55. The fourth-order valence-corrected chi connectivity index (χ4v) is 5.01.